The number of nitrogens with zero attached hydrogens (tertiary/aromatic N) is 2. The summed E-state index contributed by atoms with van der Waals surface area (Å²) in [6.07, 6.45) is 6.61. The molecule has 0 aliphatic heterocycles. The number of carbonyl (C=O) groups is 1. The van der Waals surface area contributed by atoms with Gasteiger partial charge in [0.2, 0.25) is 5.91 Å². The number of allylic oxidation sites excluding steroid dienone is 1. The van der Waals surface area contributed by atoms with Crippen LogP contribution in [-0.4, -0.2) is 50.0 Å². The minimum atomic E-state index is -0.351. The molecule has 142 valence electrons. The predicted octanol–water partition coefficient (Wildman–Crippen LogP) is 3.41. The van der Waals surface area contributed by atoms with E-state index >= 15 is 0 Å². The zero-order chi connectivity index (χ0) is 17.7. The molecule has 5 nitrogen and oxygen atoms in total. The van der Waals surface area contributed by atoms with Gasteiger partial charge in [-0.2, -0.15) is 0 Å². The fourth-order valence-electron chi connectivity index (χ4n) is 1.99. The smallest absolute Gasteiger partial charge is 0.225 e. The molecule has 0 aliphatic carbocycles. The molecule has 0 spiro atoms. The van der Waals surface area contributed by atoms with Gasteiger partial charge in [0.15, 0.2) is 5.96 Å². The van der Waals surface area contributed by atoms with Crippen molar-refractivity contribution in [1.29, 1.82) is 0 Å². The van der Waals surface area contributed by atoms with Crippen LogP contribution in [0.1, 0.15) is 53.4 Å². The Morgan fingerprint density at radius 1 is 1.21 bits per heavy atom. The van der Waals surface area contributed by atoms with E-state index < -0.39 is 0 Å². The lowest BCUT2D eigenvalue weighted by molar-refractivity contribution is -0.128. The largest absolute Gasteiger partial charge is 0.357 e. The molecule has 0 radical (unpaired) electrons. The Morgan fingerprint density at radius 3 is 2.42 bits per heavy atom. The Morgan fingerprint density at radius 2 is 1.88 bits per heavy atom. The lowest BCUT2D eigenvalue weighted by Crippen LogP contribution is -2.40. The maximum atomic E-state index is 11.8. The molecule has 0 saturated carbocycles. The van der Waals surface area contributed by atoms with Crippen molar-refractivity contribution in [2.45, 2.75) is 53.4 Å². The van der Waals surface area contributed by atoms with Crippen molar-refractivity contribution >= 4 is 35.8 Å². The van der Waals surface area contributed by atoms with Crippen molar-refractivity contribution < 1.29 is 4.79 Å². The van der Waals surface area contributed by atoms with Crippen molar-refractivity contribution in [2.24, 2.45) is 10.4 Å². The summed E-state index contributed by atoms with van der Waals surface area (Å²) in [5, 5.41) is 6.22. The maximum Gasteiger partial charge on any atom is 0.225 e. The Hall–Kier alpha value is -0.790. The molecule has 0 unspecified atom stereocenters. The highest BCUT2D eigenvalue weighted by molar-refractivity contribution is 14.0. The summed E-state index contributed by atoms with van der Waals surface area (Å²) < 4.78 is 0. The van der Waals surface area contributed by atoms with Gasteiger partial charge in [-0.15, -0.1) is 30.6 Å². The number of unbranched alkanes of at least 4 members (excludes halogenated alkanes) is 3. The number of carbonyl (C=O) groups excluding carboxylic acids is 1. The summed E-state index contributed by atoms with van der Waals surface area (Å²) in [7, 11) is 2.06. The summed E-state index contributed by atoms with van der Waals surface area (Å²) in [4.78, 5) is 18.5. The molecule has 0 aromatic carbocycles. The second-order valence-corrected chi connectivity index (χ2v) is 6.80. The first-order chi connectivity index (χ1) is 10.8. The molecule has 24 heavy (non-hydrogen) atoms. The average Bonchev–Trinajstić information content (AvgIpc) is 2.48. The normalized spacial score (nSPS) is 11.5. The fraction of sp³-hybridized carbons (Fsp3) is 0.778. The highest BCUT2D eigenvalue weighted by Crippen LogP contribution is 2.11. The lowest BCUT2D eigenvalue weighted by atomic mass is 9.96. The van der Waals surface area contributed by atoms with E-state index in [1.165, 1.54) is 12.8 Å². The van der Waals surface area contributed by atoms with Crippen LogP contribution in [0.5, 0.6) is 0 Å². The second kappa shape index (κ2) is 14.5. The van der Waals surface area contributed by atoms with Gasteiger partial charge in [0, 0.05) is 32.1 Å². The highest BCUT2D eigenvalue weighted by Gasteiger charge is 2.20. The van der Waals surface area contributed by atoms with Gasteiger partial charge in [-0.1, -0.05) is 33.3 Å². The van der Waals surface area contributed by atoms with E-state index in [0.29, 0.717) is 13.1 Å². The van der Waals surface area contributed by atoms with Crippen LogP contribution >= 0.6 is 24.0 Å². The molecule has 0 atom stereocenters. The fourth-order valence-corrected chi connectivity index (χ4v) is 1.99. The van der Waals surface area contributed by atoms with Crippen LogP contribution in [0.4, 0.5) is 0 Å². The van der Waals surface area contributed by atoms with E-state index in [4.69, 9.17) is 0 Å². The molecule has 2 N–H and O–H groups in total. The number of aliphatic imine (C=N–C) groups is 1. The second-order valence-electron chi connectivity index (χ2n) is 6.80. The van der Waals surface area contributed by atoms with E-state index in [9.17, 15) is 4.79 Å². The third-order valence-corrected chi connectivity index (χ3v) is 3.44. The van der Waals surface area contributed by atoms with Crippen LogP contribution in [0.3, 0.4) is 0 Å². The van der Waals surface area contributed by atoms with Gasteiger partial charge in [-0.3, -0.25) is 9.79 Å². The van der Waals surface area contributed by atoms with Gasteiger partial charge < -0.3 is 15.5 Å². The lowest BCUT2D eigenvalue weighted by Gasteiger charge is -2.22. The molecular formula is C18H37IN4O. The molecule has 0 bridgehead atoms. The average molecular weight is 452 g/mol. The number of rotatable bonds is 10. The predicted molar refractivity (Wildman–Crippen MR) is 115 cm³/mol. The molecule has 0 fully saturated rings. The van der Waals surface area contributed by atoms with E-state index in [-0.39, 0.29) is 35.3 Å². The molecule has 0 aliphatic rings. The molecule has 0 aromatic heterocycles. The number of hydrogen-bond acceptors (Lipinski definition) is 2. The number of amides is 1. The molecule has 6 heteroatoms. The summed E-state index contributed by atoms with van der Waals surface area (Å²) in [5.74, 6) is 0.967. The van der Waals surface area contributed by atoms with Crippen LogP contribution in [0.2, 0.25) is 0 Å². The first-order valence-corrected chi connectivity index (χ1v) is 8.71. The molecule has 0 heterocycles. The third-order valence-electron chi connectivity index (χ3n) is 3.44. The number of guanidine groups is 1. The SMILES string of the molecule is C=CCCCCCN(C)C(=NCCNC(=O)C(C)(C)C)NCC.I. The van der Waals surface area contributed by atoms with E-state index in [1.54, 1.807) is 0 Å². The summed E-state index contributed by atoms with van der Waals surface area (Å²) in [5.41, 5.74) is -0.351. The van der Waals surface area contributed by atoms with Gasteiger partial charge in [0.05, 0.1) is 6.54 Å². The highest BCUT2D eigenvalue weighted by atomic mass is 127. The molecule has 0 saturated heterocycles. The van der Waals surface area contributed by atoms with E-state index in [2.05, 4.69) is 41.1 Å². The Balaban J connectivity index is 0. The third kappa shape index (κ3) is 12.6. The molecule has 0 rings (SSSR count). The molecule has 1 amide bonds. The maximum absolute atomic E-state index is 11.8. The summed E-state index contributed by atoms with van der Waals surface area (Å²) in [6, 6.07) is 0. The monoisotopic (exact) mass is 452 g/mol. The topological polar surface area (TPSA) is 56.7 Å². The van der Waals surface area contributed by atoms with Crippen LogP contribution in [-0.2, 0) is 4.79 Å². The van der Waals surface area contributed by atoms with Crippen molar-refractivity contribution in [1.82, 2.24) is 15.5 Å². The minimum Gasteiger partial charge on any atom is -0.357 e. The zero-order valence-corrected chi connectivity index (χ0v) is 18.5. The number of hydrogen-bond donors (Lipinski definition) is 2. The minimum absolute atomic E-state index is 0. The standard InChI is InChI=1S/C18H36N4O.HI/c1-7-9-10-11-12-15-22(6)17(19-8-2)21-14-13-20-16(23)18(3,4)5;/h7H,1,8-15H2,2-6H3,(H,19,21)(H,20,23);1H. The van der Waals surface area contributed by atoms with Gasteiger partial charge in [0.25, 0.3) is 0 Å². The zero-order valence-electron chi connectivity index (χ0n) is 16.2. The Labute approximate surface area is 165 Å². The van der Waals surface area contributed by atoms with Crippen LogP contribution in [0, 0.1) is 5.41 Å². The van der Waals surface area contributed by atoms with Gasteiger partial charge >= 0.3 is 0 Å². The Bertz CT molecular complexity index is 378. The van der Waals surface area contributed by atoms with Crippen LogP contribution in [0.15, 0.2) is 17.6 Å². The summed E-state index contributed by atoms with van der Waals surface area (Å²) >= 11 is 0. The van der Waals surface area contributed by atoms with Gasteiger partial charge in [-0.05, 0) is 26.2 Å². The first kappa shape index (κ1) is 25.5. The van der Waals surface area contributed by atoms with Gasteiger partial charge in [0.1, 0.15) is 0 Å². The van der Waals surface area contributed by atoms with Crippen LogP contribution < -0.4 is 10.6 Å². The first-order valence-electron chi connectivity index (χ1n) is 8.71. The van der Waals surface area contributed by atoms with Crippen LogP contribution in [0.25, 0.3) is 0 Å². The van der Waals surface area contributed by atoms with Crippen molar-refractivity contribution in [3.05, 3.63) is 12.7 Å². The van der Waals surface area contributed by atoms with Gasteiger partial charge in [-0.25, -0.2) is 0 Å². The number of nitrogens with one attached hydrogen (secondary N) is 2. The quantitative estimate of drug-likeness (QED) is 0.176. The van der Waals surface area contributed by atoms with Crippen molar-refractivity contribution in [3.8, 4) is 0 Å². The summed E-state index contributed by atoms with van der Waals surface area (Å²) in [6.45, 7) is 14.5. The molecular weight excluding hydrogens is 415 g/mol. The molecule has 0 aromatic rings. The number of halogens is 1. The van der Waals surface area contributed by atoms with E-state index in [1.807, 2.05) is 26.8 Å². The van der Waals surface area contributed by atoms with Crippen molar-refractivity contribution in [3.63, 3.8) is 0 Å². The Kier molecular flexibility index (Phi) is 15.4. The van der Waals surface area contributed by atoms with Crippen molar-refractivity contribution in [2.75, 3.05) is 33.2 Å². The van der Waals surface area contributed by atoms with E-state index in [0.717, 1.165) is 31.9 Å².